The lowest BCUT2D eigenvalue weighted by molar-refractivity contribution is -0.123. The van der Waals surface area contributed by atoms with Crippen LogP contribution in [0.15, 0.2) is 18.2 Å². The first-order valence-electron chi connectivity index (χ1n) is 5.83. The zero-order chi connectivity index (χ0) is 13.9. The lowest BCUT2D eigenvalue weighted by Gasteiger charge is -2.20. The van der Waals surface area contributed by atoms with Gasteiger partial charge in [0.1, 0.15) is 0 Å². The minimum absolute atomic E-state index is 0.0159. The molecule has 0 bridgehead atoms. The monoisotopic (exact) mass is 256 g/mol. The number of carbonyl (C=O) groups is 1. The predicted octanol–water partition coefficient (Wildman–Crippen LogP) is 2.13. The summed E-state index contributed by atoms with van der Waals surface area (Å²) in [6.45, 7) is 5.37. The Morgan fingerprint density at radius 1 is 1.22 bits per heavy atom. The average molecular weight is 256 g/mol. The molecule has 0 saturated carbocycles. The van der Waals surface area contributed by atoms with Crippen molar-refractivity contribution in [2.45, 2.75) is 32.9 Å². The van der Waals surface area contributed by atoms with E-state index in [9.17, 15) is 13.6 Å². The highest BCUT2D eigenvalue weighted by Gasteiger charge is 2.19. The molecule has 1 aromatic carbocycles. The Kier molecular flexibility index (Phi) is 4.78. The lowest BCUT2D eigenvalue weighted by Crippen LogP contribution is -2.44. The Hall–Kier alpha value is -1.49. The normalized spacial score (nSPS) is 14.4. The SMILES string of the molecule is CC(NC(=O)[C@@H](N)C(C)C)c1ccc(F)c(F)c1. The van der Waals surface area contributed by atoms with Crippen LogP contribution in [0.3, 0.4) is 0 Å². The highest BCUT2D eigenvalue weighted by molar-refractivity contribution is 5.82. The van der Waals surface area contributed by atoms with Gasteiger partial charge in [-0.25, -0.2) is 8.78 Å². The van der Waals surface area contributed by atoms with Crippen molar-refractivity contribution >= 4 is 5.91 Å². The third-order valence-electron chi connectivity index (χ3n) is 2.82. The molecule has 1 unspecified atom stereocenters. The maximum atomic E-state index is 13.1. The predicted molar refractivity (Wildman–Crippen MR) is 65.7 cm³/mol. The summed E-state index contributed by atoms with van der Waals surface area (Å²) in [6.07, 6.45) is 0. The molecule has 1 rings (SSSR count). The topological polar surface area (TPSA) is 55.1 Å². The Balaban J connectivity index is 2.73. The van der Waals surface area contributed by atoms with Crippen LogP contribution in [0.4, 0.5) is 8.78 Å². The number of nitrogens with two attached hydrogens (primary N) is 1. The second-order valence-electron chi connectivity index (χ2n) is 4.67. The molecule has 0 radical (unpaired) electrons. The molecule has 0 spiro atoms. The Labute approximate surface area is 105 Å². The van der Waals surface area contributed by atoms with Crippen molar-refractivity contribution in [2.24, 2.45) is 11.7 Å². The highest BCUT2D eigenvalue weighted by atomic mass is 19.2. The molecule has 18 heavy (non-hydrogen) atoms. The number of halogens is 2. The van der Waals surface area contributed by atoms with E-state index in [1.54, 1.807) is 6.92 Å². The Morgan fingerprint density at radius 2 is 1.83 bits per heavy atom. The third kappa shape index (κ3) is 3.50. The highest BCUT2D eigenvalue weighted by Crippen LogP contribution is 2.16. The van der Waals surface area contributed by atoms with E-state index in [4.69, 9.17) is 5.73 Å². The van der Waals surface area contributed by atoms with E-state index >= 15 is 0 Å². The maximum absolute atomic E-state index is 13.1. The number of hydrogen-bond donors (Lipinski definition) is 2. The number of carbonyl (C=O) groups excluding carboxylic acids is 1. The van der Waals surface area contributed by atoms with Crippen LogP contribution in [-0.2, 0) is 4.79 Å². The molecular weight excluding hydrogens is 238 g/mol. The standard InChI is InChI=1S/C13H18F2N2O/c1-7(2)12(16)13(18)17-8(3)9-4-5-10(14)11(15)6-9/h4-8,12H,16H2,1-3H3,(H,17,18)/t8?,12-/m0/s1. The average Bonchev–Trinajstić information content (AvgIpc) is 2.31. The van der Waals surface area contributed by atoms with Crippen LogP contribution < -0.4 is 11.1 Å². The number of nitrogens with one attached hydrogen (secondary N) is 1. The fourth-order valence-corrected chi connectivity index (χ4v) is 1.48. The third-order valence-corrected chi connectivity index (χ3v) is 2.82. The van der Waals surface area contributed by atoms with E-state index < -0.39 is 23.7 Å². The molecule has 5 heteroatoms. The smallest absolute Gasteiger partial charge is 0.237 e. The van der Waals surface area contributed by atoms with Gasteiger partial charge in [0, 0.05) is 0 Å². The summed E-state index contributed by atoms with van der Waals surface area (Å²) < 4.78 is 25.8. The molecule has 0 aromatic heterocycles. The van der Waals surface area contributed by atoms with Crippen molar-refractivity contribution in [3.05, 3.63) is 35.4 Å². The molecule has 0 aliphatic carbocycles. The van der Waals surface area contributed by atoms with Crippen LogP contribution in [0.1, 0.15) is 32.4 Å². The van der Waals surface area contributed by atoms with Gasteiger partial charge in [0.25, 0.3) is 0 Å². The van der Waals surface area contributed by atoms with Crippen LogP contribution in [0, 0.1) is 17.6 Å². The summed E-state index contributed by atoms with van der Waals surface area (Å²) in [7, 11) is 0. The minimum atomic E-state index is -0.929. The first-order valence-corrected chi connectivity index (χ1v) is 5.83. The number of rotatable bonds is 4. The van der Waals surface area contributed by atoms with E-state index in [1.165, 1.54) is 6.07 Å². The first kappa shape index (κ1) is 14.6. The number of benzene rings is 1. The molecule has 3 N–H and O–H groups in total. The van der Waals surface area contributed by atoms with Crippen molar-refractivity contribution in [1.29, 1.82) is 0 Å². The fraction of sp³-hybridized carbons (Fsp3) is 0.462. The first-order chi connectivity index (χ1) is 8.32. The van der Waals surface area contributed by atoms with E-state index in [0.717, 1.165) is 12.1 Å². The van der Waals surface area contributed by atoms with Crippen LogP contribution in [0.25, 0.3) is 0 Å². The van der Waals surface area contributed by atoms with Crippen LogP contribution in [0.2, 0.25) is 0 Å². The van der Waals surface area contributed by atoms with E-state index in [0.29, 0.717) is 5.56 Å². The summed E-state index contributed by atoms with van der Waals surface area (Å²) in [5.41, 5.74) is 6.19. The van der Waals surface area contributed by atoms with Crippen LogP contribution in [-0.4, -0.2) is 11.9 Å². The molecular formula is C13H18F2N2O. The van der Waals surface area contributed by atoms with Crippen LogP contribution >= 0.6 is 0 Å². The van der Waals surface area contributed by atoms with Gasteiger partial charge in [-0.3, -0.25) is 4.79 Å². The zero-order valence-electron chi connectivity index (χ0n) is 10.7. The van der Waals surface area contributed by atoms with Gasteiger partial charge < -0.3 is 11.1 Å². The van der Waals surface area contributed by atoms with Crippen molar-refractivity contribution in [1.82, 2.24) is 5.32 Å². The van der Waals surface area contributed by atoms with Gasteiger partial charge in [0.05, 0.1) is 12.1 Å². The zero-order valence-corrected chi connectivity index (χ0v) is 10.7. The van der Waals surface area contributed by atoms with Crippen LogP contribution in [0.5, 0.6) is 0 Å². The van der Waals surface area contributed by atoms with Gasteiger partial charge in [0.2, 0.25) is 5.91 Å². The number of amides is 1. The molecule has 0 aliphatic rings. The molecule has 1 amide bonds. The molecule has 0 aliphatic heterocycles. The van der Waals surface area contributed by atoms with Gasteiger partial charge in [-0.1, -0.05) is 19.9 Å². The number of hydrogen-bond acceptors (Lipinski definition) is 2. The van der Waals surface area contributed by atoms with Crippen molar-refractivity contribution in [3.8, 4) is 0 Å². The van der Waals surface area contributed by atoms with E-state index in [1.807, 2.05) is 13.8 Å². The van der Waals surface area contributed by atoms with Crippen molar-refractivity contribution in [2.75, 3.05) is 0 Å². The summed E-state index contributed by atoms with van der Waals surface area (Å²) in [4.78, 5) is 11.7. The maximum Gasteiger partial charge on any atom is 0.237 e. The molecule has 0 heterocycles. The van der Waals surface area contributed by atoms with Crippen molar-refractivity contribution < 1.29 is 13.6 Å². The molecule has 0 saturated heterocycles. The summed E-state index contributed by atoms with van der Waals surface area (Å²) >= 11 is 0. The second kappa shape index (κ2) is 5.91. The molecule has 2 atom stereocenters. The molecule has 1 aromatic rings. The molecule has 3 nitrogen and oxygen atoms in total. The van der Waals surface area contributed by atoms with Gasteiger partial charge in [0.15, 0.2) is 11.6 Å². The van der Waals surface area contributed by atoms with Gasteiger partial charge >= 0.3 is 0 Å². The molecule has 100 valence electrons. The summed E-state index contributed by atoms with van der Waals surface area (Å²) in [5, 5.41) is 2.67. The Bertz CT molecular complexity index is 435. The van der Waals surface area contributed by atoms with Gasteiger partial charge in [-0.05, 0) is 30.5 Å². The fourth-order valence-electron chi connectivity index (χ4n) is 1.48. The van der Waals surface area contributed by atoms with Gasteiger partial charge in [-0.2, -0.15) is 0 Å². The van der Waals surface area contributed by atoms with E-state index in [-0.39, 0.29) is 11.8 Å². The quantitative estimate of drug-likeness (QED) is 0.867. The largest absolute Gasteiger partial charge is 0.348 e. The lowest BCUT2D eigenvalue weighted by atomic mass is 10.0. The molecule has 0 fully saturated rings. The minimum Gasteiger partial charge on any atom is -0.348 e. The van der Waals surface area contributed by atoms with Gasteiger partial charge in [-0.15, -0.1) is 0 Å². The van der Waals surface area contributed by atoms with E-state index in [2.05, 4.69) is 5.32 Å². The van der Waals surface area contributed by atoms with Crippen molar-refractivity contribution in [3.63, 3.8) is 0 Å². The Morgan fingerprint density at radius 3 is 2.33 bits per heavy atom. The summed E-state index contributed by atoms with van der Waals surface area (Å²) in [6, 6.07) is 2.51. The second-order valence-corrected chi connectivity index (χ2v) is 4.67. The summed E-state index contributed by atoms with van der Waals surface area (Å²) in [5.74, 6) is -2.12.